The molecule has 0 bridgehead atoms. The van der Waals surface area contributed by atoms with Gasteiger partial charge in [0.05, 0.1) is 12.1 Å². The van der Waals surface area contributed by atoms with Crippen molar-refractivity contribution in [3.63, 3.8) is 0 Å². The molecule has 0 aromatic heterocycles. The number of hydrogen-bond acceptors (Lipinski definition) is 9. The molecule has 15 N–H and O–H groups in total. The summed E-state index contributed by atoms with van der Waals surface area (Å²) in [7, 11) is 0. The molecule has 0 fully saturated rings. The minimum Gasteiger partial charge on any atom is -0.480 e. The van der Waals surface area contributed by atoms with Gasteiger partial charge in [0.2, 0.25) is 17.7 Å². The second-order valence-electron chi connectivity index (χ2n) is 8.81. The van der Waals surface area contributed by atoms with E-state index in [0.29, 0.717) is 51.7 Å². The van der Waals surface area contributed by atoms with E-state index in [2.05, 4.69) is 20.9 Å². The van der Waals surface area contributed by atoms with Gasteiger partial charge in [-0.05, 0) is 71.4 Å². The van der Waals surface area contributed by atoms with Crippen molar-refractivity contribution >= 4 is 29.7 Å². The summed E-state index contributed by atoms with van der Waals surface area (Å²) in [6, 6.07) is -4.66. The zero-order valence-corrected chi connectivity index (χ0v) is 21.5. The van der Waals surface area contributed by atoms with E-state index in [-0.39, 0.29) is 25.2 Å². The van der Waals surface area contributed by atoms with Gasteiger partial charge in [-0.3, -0.25) is 19.4 Å². The van der Waals surface area contributed by atoms with Crippen molar-refractivity contribution in [3.8, 4) is 0 Å². The average Bonchev–Trinajstić information content (AvgIpc) is 2.83. The average molecular weight is 532 g/mol. The van der Waals surface area contributed by atoms with Gasteiger partial charge in [0.25, 0.3) is 0 Å². The number of nitrogens with zero attached hydrogens (tertiary/aromatic N) is 1. The quantitative estimate of drug-likeness (QED) is 0.0418. The lowest BCUT2D eigenvalue weighted by atomic mass is 10.0. The fourth-order valence-corrected chi connectivity index (χ4v) is 3.36. The molecule has 214 valence electrons. The number of nitrogens with one attached hydrogen (secondary N) is 3. The predicted octanol–water partition coefficient (Wildman–Crippen LogP) is -3.45. The Morgan fingerprint density at radius 2 is 1.32 bits per heavy atom. The molecule has 3 amide bonds. The number of aliphatic carboxylic acids is 1. The minimum atomic E-state index is -1.45. The van der Waals surface area contributed by atoms with Gasteiger partial charge in [0, 0.05) is 6.54 Å². The van der Waals surface area contributed by atoms with Crippen molar-refractivity contribution in [1.29, 1.82) is 0 Å². The molecule has 5 atom stereocenters. The second kappa shape index (κ2) is 19.1. The van der Waals surface area contributed by atoms with Crippen molar-refractivity contribution in [2.24, 2.45) is 33.7 Å². The highest BCUT2D eigenvalue weighted by molar-refractivity contribution is 5.94. The highest BCUT2D eigenvalue weighted by atomic mass is 16.4. The molecule has 37 heavy (non-hydrogen) atoms. The number of aliphatic hydroxyl groups excluding tert-OH is 1. The summed E-state index contributed by atoms with van der Waals surface area (Å²) in [5.41, 5.74) is 27.4. The van der Waals surface area contributed by atoms with Gasteiger partial charge in [-0.1, -0.05) is 0 Å². The molecule has 0 aliphatic heterocycles. The van der Waals surface area contributed by atoms with Crippen LogP contribution in [0.5, 0.6) is 0 Å². The molecular weight excluding hydrogens is 486 g/mol. The summed E-state index contributed by atoms with van der Waals surface area (Å²) in [6.45, 7) is 2.33. The van der Waals surface area contributed by atoms with Crippen LogP contribution in [0.15, 0.2) is 4.99 Å². The molecule has 15 heteroatoms. The van der Waals surface area contributed by atoms with Gasteiger partial charge in [-0.2, -0.15) is 0 Å². The van der Waals surface area contributed by atoms with Crippen molar-refractivity contribution in [2.75, 3.05) is 19.6 Å². The van der Waals surface area contributed by atoms with Crippen molar-refractivity contribution in [1.82, 2.24) is 16.0 Å². The van der Waals surface area contributed by atoms with E-state index in [4.69, 9.17) is 28.7 Å². The molecular formula is C22H45N9O6. The third-order valence-electron chi connectivity index (χ3n) is 5.51. The largest absolute Gasteiger partial charge is 0.480 e. The summed E-state index contributed by atoms with van der Waals surface area (Å²) in [5, 5.41) is 26.9. The van der Waals surface area contributed by atoms with Crippen molar-refractivity contribution in [2.45, 2.75) is 88.6 Å². The molecule has 0 saturated carbocycles. The first-order chi connectivity index (χ1) is 17.4. The Bertz CT molecular complexity index is 746. The van der Waals surface area contributed by atoms with Crippen LogP contribution >= 0.6 is 0 Å². The fraction of sp³-hybridized carbons (Fsp3) is 0.773. The normalized spacial score (nSPS) is 14.9. The SMILES string of the molecule is C[C@@H](O)[C@H](NC(=O)[C@H](CCCCN)NC(=O)[C@@H](N)CCCN=C(N)N)C(=O)N[C@@H](CCCCN)C(=O)O. The molecule has 0 heterocycles. The van der Waals surface area contributed by atoms with Gasteiger partial charge in [-0.15, -0.1) is 0 Å². The van der Waals surface area contributed by atoms with E-state index in [9.17, 15) is 29.4 Å². The molecule has 0 radical (unpaired) electrons. The minimum absolute atomic E-state index is 0.0726. The van der Waals surface area contributed by atoms with Gasteiger partial charge < -0.3 is 54.8 Å². The molecule has 0 saturated heterocycles. The third kappa shape index (κ3) is 15.0. The number of nitrogens with two attached hydrogens (primary N) is 5. The maximum Gasteiger partial charge on any atom is 0.326 e. The predicted molar refractivity (Wildman–Crippen MR) is 139 cm³/mol. The number of carbonyl (C=O) groups excluding carboxylic acids is 3. The van der Waals surface area contributed by atoms with Gasteiger partial charge >= 0.3 is 5.97 Å². The fourth-order valence-electron chi connectivity index (χ4n) is 3.36. The molecule has 15 nitrogen and oxygen atoms in total. The first-order valence-electron chi connectivity index (χ1n) is 12.5. The van der Waals surface area contributed by atoms with Crippen LogP contribution in [-0.4, -0.2) is 89.8 Å². The first kappa shape index (κ1) is 34.0. The molecule has 0 aromatic rings. The van der Waals surface area contributed by atoms with Crippen LogP contribution < -0.4 is 44.6 Å². The number of carbonyl (C=O) groups is 4. The van der Waals surface area contributed by atoms with E-state index >= 15 is 0 Å². The monoisotopic (exact) mass is 531 g/mol. The highest BCUT2D eigenvalue weighted by Crippen LogP contribution is 2.06. The Hall–Kier alpha value is -3.01. The topological polar surface area (TPSA) is 287 Å². The molecule has 0 spiro atoms. The summed E-state index contributed by atoms with van der Waals surface area (Å²) in [4.78, 5) is 53.7. The lowest BCUT2D eigenvalue weighted by Crippen LogP contribution is -2.59. The van der Waals surface area contributed by atoms with Gasteiger partial charge in [0.15, 0.2) is 5.96 Å². The second-order valence-corrected chi connectivity index (χ2v) is 8.81. The van der Waals surface area contributed by atoms with Crippen LogP contribution in [0.1, 0.15) is 58.3 Å². The number of rotatable bonds is 20. The zero-order valence-electron chi connectivity index (χ0n) is 21.5. The summed E-state index contributed by atoms with van der Waals surface area (Å²) < 4.78 is 0. The van der Waals surface area contributed by atoms with E-state index < -0.39 is 54.0 Å². The van der Waals surface area contributed by atoms with E-state index in [0.717, 1.165) is 0 Å². The lowest BCUT2D eigenvalue weighted by molar-refractivity contribution is -0.143. The Morgan fingerprint density at radius 3 is 1.81 bits per heavy atom. The Morgan fingerprint density at radius 1 is 0.784 bits per heavy atom. The molecule has 0 rings (SSSR count). The van der Waals surface area contributed by atoms with Crippen LogP contribution in [0.3, 0.4) is 0 Å². The molecule has 0 aromatic carbocycles. The zero-order chi connectivity index (χ0) is 28.4. The number of guanidine groups is 1. The molecule has 0 aliphatic carbocycles. The van der Waals surface area contributed by atoms with E-state index in [1.807, 2.05) is 0 Å². The summed E-state index contributed by atoms with van der Waals surface area (Å²) >= 11 is 0. The molecule has 0 unspecified atom stereocenters. The number of carboxylic acid groups (broad SMARTS) is 1. The number of carboxylic acids is 1. The van der Waals surface area contributed by atoms with Gasteiger partial charge in [0.1, 0.15) is 18.1 Å². The number of amides is 3. The number of hydrogen-bond donors (Lipinski definition) is 10. The molecule has 0 aliphatic rings. The lowest BCUT2D eigenvalue weighted by Gasteiger charge is -2.26. The van der Waals surface area contributed by atoms with Crippen LogP contribution in [0.4, 0.5) is 0 Å². The number of aliphatic imine (C=N–C) groups is 1. The maximum atomic E-state index is 13.0. The summed E-state index contributed by atoms with van der Waals surface area (Å²) in [5.74, 6) is -3.50. The van der Waals surface area contributed by atoms with Crippen molar-refractivity contribution < 1.29 is 29.4 Å². The maximum absolute atomic E-state index is 13.0. The Balaban J connectivity index is 5.32. The van der Waals surface area contributed by atoms with E-state index in [1.54, 1.807) is 0 Å². The standard InChI is InChI=1S/C22H45N9O6/c1-13(32)17(20(35)30-16(21(36)37)9-3-5-11-24)31-19(34)15(8-2-4-10-23)29-18(33)14(25)7-6-12-28-22(26)27/h13-17,32H,2-12,23-25H2,1H3,(H,29,33)(H,30,35)(H,31,34)(H,36,37)(H4,26,27,28)/t13-,14+,15+,16+,17+/m1/s1. The number of unbranched alkanes of at least 4 members (excludes halogenated alkanes) is 2. The smallest absolute Gasteiger partial charge is 0.326 e. The summed E-state index contributed by atoms with van der Waals surface area (Å²) in [6.07, 6.45) is 1.85. The number of aliphatic hydroxyl groups is 1. The van der Waals surface area contributed by atoms with Crippen LogP contribution in [0.2, 0.25) is 0 Å². The Labute approximate surface area is 217 Å². The van der Waals surface area contributed by atoms with E-state index in [1.165, 1.54) is 6.92 Å². The van der Waals surface area contributed by atoms with Crippen LogP contribution in [0.25, 0.3) is 0 Å². The Kier molecular flexibility index (Phi) is 17.6. The van der Waals surface area contributed by atoms with Crippen molar-refractivity contribution in [3.05, 3.63) is 0 Å². The third-order valence-corrected chi connectivity index (χ3v) is 5.51. The highest BCUT2D eigenvalue weighted by Gasteiger charge is 2.32. The first-order valence-corrected chi connectivity index (χ1v) is 12.5. The van der Waals surface area contributed by atoms with Crippen LogP contribution in [-0.2, 0) is 19.2 Å². The van der Waals surface area contributed by atoms with Gasteiger partial charge in [-0.25, -0.2) is 4.79 Å². The van der Waals surface area contributed by atoms with Crippen LogP contribution in [0, 0.1) is 0 Å².